The van der Waals surface area contributed by atoms with Crippen LogP contribution in [-0.4, -0.2) is 40.0 Å². The number of aromatic nitrogens is 2. The third-order valence-electron chi connectivity index (χ3n) is 3.85. The Morgan fingerprint density at radius 1 is 1.52 bits per heavy atom. The zero-order chi connectivity index (χ0) is 16.2. The second-order valence-electron chi connectivity index (χ2n) is 5.42. The van der Waals surface area contributed by atoms with Crippen LogP contribution in [-0.2, 0) is 17.6 Å². The highest BCUT2D eigenvalue weighted by Crippen LogP contribution is 2.21. The number of carbonyl (C=O) groups excluding carboxylic acids is 1. The molecule has 1 atom stereocenters. The predicted octanol–water partition coefficient (Wildman–Crippen LogP) is 2.46. The quantitative estimate of drug-likeness (QED) is 0.842. The highest BCUT2D eigenvalue weighted by atomic mass is 32.1. The minimum atomic E-state index is -0.502. The summed E-state index contributed by atoms with van der Waals surface area (Å²) in [6.45, 7) is 2.92. The lowest BCUT2D eigenvalue weighted by molar-refractivity contribution is -0.129. The average molecular weight is 335 g/mol. The molecule has 0 radical (unpaired) electrons. The van der Waals surface area contributed by atoms with Crippen LogP contribution in [0, 0.1) is 5.82 Å². The van der Waals surface area contributed by atoms with Crippen molar-refractivity contribution in [3.05, 3.63) is 40.2 Å². The van der Waals surface area contributed by atoms with E-state index < -0.39 is 5.82 Å². The van der Waals surface area contributed by atoms with Crippen molar-refractivity contribution in [1.29, 1.82) is 0 Å². The molecule has 3 rings (SSSR count). The summed E-state index contributed by atoms with van der Waals surface area (Å²) in [5, 5.41) is 1.96. The summed E-state index contributed by atoms with van der Waals surface area (Å²) >= 11 is 1.57. The van der Waals surface area contributed by atoms with E-state index in [1.165, 1.54) is 6.33 Å². The van der Waals surface area contributed by atoms with Crippen LogP contribution in [0.5, 0.6) is 5.88 Å². The monoisotopic (exact) mass is 335 g/mol. The number of hydrogen-bond donors (Lipinski definition) is 0. The maximum atomic E-state index is 14.1. The highest BCUT2D eigenvalue weighted by Gasteiger charge is 2.29. The van der Waals surface area contributed by atoms with Crippen LogP contribution in [0.4, 0.5) is 4.39 Å². The lowest BCUT2D eigenvalue weighted by atomic mass is 10.3. The highest BCUT2D eigenvalue weighted by molar-refractivity contribution is 7.10. The standard InChI is InChI=1S/C16H18FN3O2S/c1-2-13-15(17)16(19-10-18-13)22-11-5-6-20(9-11)14(21)8-12-4-3-7-23-12/h3-4,7,10-11H,2,5-6,8-9H2,1H3/t11-/m1/s1. The number of rotatable bonds is 5. The van der Waals surface area contributed by atoms with E-state index in [2.05, 4.69) is 9.97 Å². The summed E-state index contributed by atoms with van der Waals surface area (Å²) in [4.78, 5) is 22.8. The van der Waals surface area contributed by atoms with E-state index in [0.29, 0.717) is 38.0 Å². The fourth-order valence-corrected chi connectivity index (χ4v) is 3.30. The van der Waals surface area contributed by atoms with Crippen molar-refractivity contribution in [2.75, 3.05) is 13.1 Å². The molecule has 0 bridgehead atoms. The molecule has 122 valence electrons. The second-order valence-corrected chi connectivity index (χ2v) is 6.45. The molecule has 0 spiro atoms. The number of aryl methyl sites for hydroxylation is 1. The first-order valence-electron chi connectivity index (χ1n) is 7.63. The lowest BCUT2D eigenvalue weighted by Gasteiger charge is -2.17. The Morgan fingerprint density at radius 2 is 2.39 bits per heavy atom. The maximum Gasteiger partial charge on any atom is 0.254 e. The summed E-state index contributed by atoms with van der Waals surface area (Å²) in [7, 11) is 0. The molecule has 0 saturated carbocycles. The van der Waals surface area contributed by atoms with E-state index in [0.717, 1.165) is 4.88 Å². The van der Waals surface area contributed by atoms with Crippen LogP contribution < -0.4 is 4.74 Å². The summed E-state index contributed by atoms with van der Waals surface area (Å²) in [5.74, 6) is -0.441. The van der Waals surface area contributed by atoms with Gasteiger partial charge in [-0.1, -0.05) is 13.0 Å². The molecule has 3 heterocycles. The summed E-state index contributed by atoms with van der Waals surface area (Å²) in [5.41, 5.74) is 0.346. The van der Waals surface area contributed by atoms with Crippen LogP contribution in [0.1, 0.15) is 23.9 Å². The van der Waals surface area contributed by atoms with Crippen molar-refractivity contribution < 1.29 is 13.9 Å². The fourth-order valence-electron chi connectivity index (χ4n) is 2.60. The van der Waals surface area contributed by atoms with Crippen LogP contribution in [0.3, 0.4) is 0 Å². The Kier molecular flexibility index (Phi) is 4.85. The van der Waals surface area contributed by atoms with Gasteiger partial charge in [-0.25, -0.2) is 4.98 Å². The number of hydrogen-bond acceptors (Lipinski definition) is 5. The Labute approximate surface area is 138 Å². The van der Waals surface area contributed by atoms with Gasteiger partial charge in [0.1, 0.15) is 12.4 Å². The van der Waals surface area contributed by atoms with E-state index in [1.807, 2.05) is 24.4 Å². The van der Waals surface area contributed by atoms with Crippen molar-refractivity contribution in [1.82, 2.24) is 14.9 Å². The van der Waals surface area contributed by atoms with E-state index in [9.17, 15) is 9.18 Å². The molecule has 0 aliphatic carbocycles. The molecule has 1 aliphatic heterocycles. The number of ether oxygens (including phenoxy) is 1. The number of carbonyl (C=O) groups is 1. The van der Waals surface area contributed by atoms with E-state index in [4.69, 9.17) is 4.74 Å². The van der Waals surface area contributed by atoms with Gasteiger partial charge in [-0.15, -0.1) is 11.3 Å². The van der Waals surface area contributed by atoms with Crippen molar-refractivity contribution in [3.8, 4) is 5.88 Å². The molecule has 1 fully saturated rings. The van der Waals surface area contributed by atoms with Crippen molar-refractivity contribution in [3.63, 3.8) is 0 Å². The first-order valence-corrected chi connectivity index (χ1v) is 8.51. The molecule has 1 saturated heterocycles. The SMILES string of the molecule is CCc1ncnc(O[C@@H]2CCN(C(=O)Cc3cccs3)C2)c1F. The molecule has 0 aromatic carbocycles. The average Bonchev–Trinajstić information content (AvgIpc) is 3.21. The Hall–Kier alpha value is -2.02. The van der Waals surface area contributed by atoms with E-state index >= 15 is 0 Å². The fraction of sp³-hybridized carbons (Fsp3) is 0.438. The molecule has 1 aliphatic rings. The van der Waals surface area contributed by atoms with Gasteiger partial charge >= 0.3 is 0 Å². The van der Waals surface area contributed by atoms with Gasteiger partial charge < -0.3 is 9.64 Å². The van der Waals surface area contributed by atoms with Crippen molar-refractivity contribution in [2.45, 2.75) is 32.3 Å². The van der Waals surface area contributed by atoms with Crippen LogP contribution in [0.15, 0.2) is 23.8 Å². The van der Waals surface area contributed by atoms with Gasteiger partial charge in [0.25, 0.3) is 5.88 Å². The Balaban J connectivity index is 1.59. The second kappa shape index (κ2) is 7.04. The maximum absolute atomic E-state index is 14.1. The Morgan fingerprint density at radius 3 is 3.13 bits per heavy atom. The molecule has 23 heavy (non-hydrogen) atoms. The van der Waals surface area contributed by atoms with Gasteiger partial charge in [0.15, 0.2) is 0 Å². The molecule has 2 aromatic heterocycles. The van der Waals surface area contributed by atoms with Crippen LogP contribution >= 0.6 is 11.3 Å². The summed E-state index contributed by atoms with van der Waals surface area (Å²) in [6, 6.07) is 3.89. The van der Waals surface area contributed by atoms with Gasteiger partial charge in [0.05, 0.1) is 18.7 Å². The third kappa shape index (κ3) is 3.67. The van der Waals surface area contributed by atoms with Gasteiger partial charge in [-0.05, 0) is 17.9 Å². The van der Waals surface area contributed by atoms with Crippen LogP contribution in [0.25, 0.3) is 0 Å². The predicted molar refractivity (Wildman–Crippen MR) is 85.0 cm³/mol. The smallest absolute Gasteiger partial charge is 0.254 e. The number of thiophene rings is 1. The topological polar surface area (TPSA) is 55.3 Å². The van der Waals surface area contributed by atoms with E-state index in [-0.39, 0.29) is 17.9 Å². The summed E-state index contributed by atoms with van der Waals surface area (Å²) in [6.07, 6.45) is 2.66. The zero-order valence-corrected chi connectivity index (χ0v) is 13.7. The number of halogens is 1. The van der Waals surface area contributed by atoms with Crippen molar-refractivity contribution in [2.24, 2.45) is 0 Å². The molecule has 7 heteroatoms. The zero-order valence-electron chi connectivity index (χ0n) is 12.9. The molecule has 5 nitrogen and oxygen atoms in total. The number of amides is 1. The normalized spacial score (nSPS) is 17.5. The minimum Gasteiger partial charge on any atom is -0.470 e. The van der Waals surface area contributed by atoms with Crippen molar-refractivity contribution >= 4 is 17.2 Å². The molecule has 1 amide bonds. The van der Waals surface area contributed by atoms with Gasteiger partial charge in [0, 0.05) is 17.8 Å². The number of nitrogens with zero attached hydrogens (tertiary/aromatic N) is 3. The molecule has 0 unspecified atom stereocenters. The summed E-state index contributed by atoms with van der Waals surface area (Å²) < 4.78 is 19.8. The van der Waals surface area contributed by atoms with Crippen LogP contribution in [0.2, 0.25) is 0 Å². The minimum absolute atomic E-state index is 0.0191. The third-order valence-corrected chi connectivity index (χ3v) is 4.72. The molecular weight excluding hydrogens is 317 g/mol. The Bertz CT molecular complexity index is 678. The molecule has 2 aromatic rings. The number of likely N-dealkylation sites (tertiary alicyclic amines) is 1. The van der Waals surface area contributed by atoms with E-state index in [1.54, 1.807) is 16.2 Å². The molecule has 0 N–H and O–H groups in total. The van der Waals surface area contributed by atoms with Gasteiger partial charge in [0.2, 0.25) is 11.7 Å². The first-order chi connectivity index (χ1) is 11.2. The first kappa shape index (κ1) is 15.9. The largest absolute Gasteiger partial charge is 0.470 e. The molecular formula is C16H18FN3O2S. The lowest BCUT2D eigenvalue weighted by Crippen LogP contribution is -2.32. The van der Waals surface area contributed by atoms with Gasteiger partial charge in [-0.3, -0.25) is 4.79 Å². The van der Waals surface area contributed by atoms with Gasteiger partial charge in [-0.2, -0.15) is 9.37 Å².